The zero-order chi connectivity index (χ0) is 18.8. The number of carbonyl (C=O) groups is 2. The number of H-pyrrole nitrogens is 1. The zero-order valence-electron chi connectivity index (χ0n) is 14.7. The van der Waals surface area contributed by atoms with Crippen LogP contribution in [0.2, 0.25) is 0 Å². The Morgan fingerprint density at radius 3 is 2.96 bits per heavy atom. The van der Waals surface area contributed by atoms with Crippen LogP contribution in [-0.2, 0) is 0 Å². The Bertz CT molecular complexity index is 998. The molecule has 0 saturated carbocycles. The Kier molecular flexibility index (Phi) is 4.50. The number of hydrogen-bond acceptors (Lipinski definition) is 4. The van der Waals surface area contributed by atoms with Crippen molar-refractivity contribution in [2.75, 3.05) is 13.1 Å². The second-order valence-corrected chi connectivity index (χ2v) is 6.65. The van der Waals surface area contributed by atoms with Crippen LogP contribution >= 0.6 is 0 Å². The average Bonchev–Trinajstić information content (AvgIpc) is 3.15. The molecule has 7 nitrogen and oxygen atoms in total. The molecule has 4 rings (SSSR count). The van der Waals surface area contributed by atoms with Crippen LogP contribution in [0.1, 0.15) is 33.7 Å². The second-order valence-electron chi connectivity index (χ2n) is 6.65. The van der Waals surface area contributed by atoms with Gasteiger partial charge in [0.25, 0.3) is 11.8 Å². The number of aromatic nitrogens is 2. The standard InChI is InChI=1S/C20H20N4O3/c21-19(25)18-11-15(6-8-23-18)27-16-2-1-9-24(12-16)20(26)14-3-4-17-13(10-14)5-7-22-17/h3-8,10-11,16,22H,1-2,9,12H2,(H2,21,25). The van der Waals surface area contributed by atoms with Crippen molar-refractivity contribution in [1.29, 1.82) is 0 Å². The Labute approximate surface area is 156 Å². The highest BCUT2D eigenvalue weighted by atomic mass is 16.5. The molecule has 1 fully saturated rings. The van der Waals surface area contributed by atoms with Crippen molar-refractivity contribution in [1.82, 2.24) is 14.9 Å². The SMILES string of the molecule is NC(=O)c1cc(OC2CCCN(C(=O)c3ccc4[nH]ccc4c3)C2)ccn1. The number of nitrogens with zero attached hydrogens (tertiary/aromatic N) is 2. The van der Waals surface area contributed by atoms with Crippen molar-refractivity contribution in [2.24, 2.45) is 5.73 Å². The summed E-state index contributed by atoms with van der Waals surface area (Å²) >= 11 is 0. The zero-order valence-corrected chi connectivity index (χ0v) is 14.7. The predicted octanol–water partition coefficient (Wildman–Crippen LogP) is 2.35. The van der Waals surface area contributed by atoms with Crippen molar-refractivity contribution in [2.45, 2.75) is 18.9 Å². The lowest BCUT2D eigenvalue weighted by molar-refractivity contribution is 0.0538. The minimum Gasteiger partial charge on any atom is -0.488 e. The first-order valence-electron chi connectivity index (χ1n) is 8.89. The molecule has 0 spiro atoms. The minimum atomic E-state index is -0.596. The van der Waals surface area contributed by atoms with Crippen molar-refractivity contribution in [3.63, 3.8) is 0 Å². The number of carbonyl (C=O) groups excluding carboxylic acids is 2. The summed E-state index contributed by atoms with van der Waals surface area (Å²) in [4.78, 5) is 33.0. The smallest absolute Gasteiger partial charge is 0.267 e. The van der Waals surface area contributed by atoms with Crippen LogP contribution in [0.3, 0.4) is 0 Å². The quantitative estimate of drug-likeness (QED) is 0.742. The normalized spacial score (nSPS) is 17.0. The number of nitrogens with two attached hydrogens (primary N) is 1. The van der Waals surface area contributed by atoms with Gasteiger partial charge in [-0.05, 0) is 43.2 Å². The van der Waals surface area contributed by atoms with Gasteiger partial charge in [-0.15, -0.1) is 0 Å². The number of pyridine rings is 1. The first kappa shape index (κ1) is 17.1. The summed E-state index contributed by atoms with van der Waals surface area (Å²) in [7, 11) is 0. The molecular weight excluding hydrogens is 344 g/mol. The van der Waals surface area contributed by atoms with E-state index in [1.165, 1.54) is 12.3 Å². The Morgan fingerprint density at radius 1 is 1.22 bits per heavy atom. The highest BCUT2D eigenvalue weighted by Crippen LogP contribution is 2.21. The number of amides is 2. The molecule has 27 heavy (non-hydrogen) atoms. The van der Waals surface area contributed by atoms with Crippen molar-refractivity contribution >= 4 is 22.7 Å². The van der Waals surface area contributed by atoms with Crippen LogP contribution in [-0.4, -0.2) is 45.9 Å². The van der Waals surface area contributed by atoms with Crippen LogP contribution in [0.15, 0.2) is 48.8 Å². The molecule has 3 N–H and O–H groups in total. The highest BCUT2D eigenvalue weighted by molar-refractivity contribution is 5.98. The fourth-order valence-corrected chi connectivity index (χ4v) is 3.40. The molecule has 3 aromatic rings. The van der Waals surface area contributed by atoms with E-state index >= 15 is 0 Å². The number of primary amides is 1. The number of ether oxygens (including phenoxy) is 1. The number of piperidine rings is 1. The molecule has 3 heterocycles. The van der Waals surface area contributed by atoms with Crippen LogP contribution in [0.25, 0.3) is 10.9 Å². The number of likely N-dealkylation sites (tertiary alicyclic amines) is 1. The molecular formula is C20H20N4O3. The van der Waals surface area contributed by atoms with E-state index in [1.54, 1.807) is 6.07 Å². The average molecular weight is 364 g/mol. The molecule has 0 aliphatic carbocycles. The molecule has 1 saturated heterocycles. The molecule has 2 aromatic heterocycles. The third-order valence-corrected chi connectivity index (χ3v) is 4.75. The Morgan fingerprint density at radius 2 is 2.11 bits per heavy atom. The van der Waals surface area contributed by atoms with Gasteiger partial charge in [0.15, 0.2) is 0 Å². The monoisotopic (exact) mass is 364 g/mol. The maximum absolute atomic E-state index is 12.9. The Balaban J connectivity index is 1.46. The maximum Gasteiger partial charge on any atom is 0.267 e. The predicted molar refractivity (Wildman–Crippen MR) is 101 cm³/mol. The lowest BCUT2D eigenvalue weighted by atomic mass is 10.1. The molecule has 2 amide bonds. The summed E-state index contributed by atoms with van der Waals surface area (Å²) < 4.78 is 5.97. The number of hydrogen-bond donors (Lipinski definition) is 2. The van der Waals surface area contributed by atoms with E-state index in [-0.39, 0.29) is 17.7 Å². The lowest BCUT2D eigenvalue weighted by Crippen LogP contribution is -2.44. The lowest BCUT2D eigenvalue weighted by Gasteiger charge is -2.33. The number of rotatable bonds is 4. The van der Waals surface area contributed by atoms with Gasteiger partial charge in [-0.2, -0.15) is 0 Å². The molecule has 7 heteroatoms. The van der Waals surface area contributed by atoms with Gasteiger partial charge in [-0.3, -0.25) is 14.6 Å². The van der Waals surface area contributed by atoms with E-state index in [0.29, 0.717) is 24.4 Å². The highest BCUT2D eigenvalue weighted by Gasteiger charge is 2.26. The largest absolute Gasteiger partial charge is 0.488 e. The van der Waals surface area contributed by atoms with Crippen molar-refractivity contribution in [3.05, 3.63) is 60.0 Å². The topological polar surface area (TPSA) is 101 Å². The molecule has 1 aromatic carbocycles. The van der Waals surface area contributed by atoms with Crippen LogP contribution in [0.5, 0.6) is 5.75 Å². The third-order valence-electron chi connectivity index (χ3n) is 4.75. The van der Waals surface area contributed by atoms with E-state index in [4.69, 9.17) is 10.5 Å². The Hall–Kier alpha value is -3.35. The summed E-state index contributed by atoms with van der Waals surface area (Å²) in [6, 6.07) is 10.8. The maximum atomic E-state index is 12.9. The van der Waals surface area contributed by atoms with Gasteiger partial charge in [0.2, 0.25) is 0 Å². The second kappa shape index (κ2) is 7.11. The third kappa shape index (κ3) is 3.62. The number of fused-ring (bicyclic) bond motifs is 1. The van der Waals surface area contributed by atoms with E-state index in [1.807, 2.05) is 35.4 Å². The number of benzene rings is 1. The van der Waals surface area contributed by atoms with Crippen molar-refractivity contribution in [3.8, 4) is 5.75 Å². The van der Waals surface area contributed by atoms with Gasteiger partial charge < -0.3 is 20.4 Å². The molecule has 0 radical (unpaired) electrons. The molecule has 1 atom stereocenters. The van der Waals surface area contributed by atoms with Gasteiger partial charge in [-0.25, -0.2) is 0 Å². The summed E-state index contributed by atoms with van der Waals surface area (Å²) in [6.45, 7) is 1.20. The van der Waals surface area contributed by atoms with Crippen LogP contribution in [0.4, 0.5) is 0 Å². The molecule has 1 aliphatic heterocycles. The van der Waals surface area contributed by atoms with Gasteiger partial charge in [0.05, 0.1) is 6.54 Å². The van der Waals surface area contributed by atoms with E-state index in [2.05, 4.69) is 9.97 Å². The number of nitrogens with one attached hydrogen (secondary N) is 1. The summed E-state index contributed by atoms with van der Waals surface area (Å²) in [5.74, 6) is -0.0631. The molecule has 1 unspecified atom stereocenters. The summed E-state index contributed by atoms with van der Waals surface area (Å²) in [5.41, 5.74) is 7.10. The van der Waals surface area contributed by atoms with Gasteiger partial charge in [0, 0.05) is 41.5 Å². The fourth-order valence-electron chi connectivity index (χ4n) is 3.40. The van der Waals surface area contributed by atoms with Gasteiger partial charge >= 0.3 is 0 Å². The minimum absolute atomic E-state index is 0.000969. The molecule has 138 valence electrons. The van der Waals surface area contributed by atoms with E-state index in [0.717, 1.165) is 23.7 Å². The molecule has 1 aliphatic rings. The van der Waals surface area contributed by atoms with E-state index < -0.39 is 5.91 Å². The van der Waals surface area contributed by atoms with Gasteiger partial charge in [0.1, 0.15) is 17.5 Å². The first-order chi connectivity index (χ1) is 13.1. The number of aromatic amines is 1. The van der Waals surface area contributed by atoms with Crippen molar-refractivity contribution < 1.29 is 14.3 Å². The summed E-state index contributed by atoms with van der Waals surface area (Å²) in [6.07, 6.45) is 4.92. The first-order valence-corrected chi connectivity index (χ1v) is 8.89. The van der Waals surface area contributed by atoms with E-state index in [9.17, 15) is 9.59 Å². The fraction of sp³-hybridized carbons (Fsp3) is 0.250. The van der Waals surface area contributed by atoms with Crippen LogP contribution < -0.4 is 10.5 Å². The van der Waals surface area contributed by atoms with Gasteiger partial charge in [-0.1, -0.05) is 0 Å². The van der Waals surface area contributed by atoms with Crippen LogP contribution in [0, 0.1) is 0 Å². The molecule has 0 bridgehead atoms. The summed E-state index contributed by atoms with van der Waals surface area (Å²) in [5, 5.41) is 1.02.